The van der Waals surface area contributed by atoms with E-state index in [9.17, 15) is 0 Å². The summed E-state index contributed by atoms with van der Waals surface area (Å²) in [5.74, 6) is 0.550. The minimum absolute atomic E-state index is 0.515. The van der Waals surface area contributed by atoms with Crippen molar-refractivity contribution < 1.29 is 13.7 Å². The van der Waals surface area contributed by atoms with Gasteiger partial charge in [0.05, 0.1) is 13.2 Å². The van der Waals surface area contributed by atoms with Gasteiger partial charge in [0, 0.05) is 18.3 Å². The number of nitrogens with one attached hydrogen (secondary N) is 1. The Kier molecular flexibility index (Phi) is 8.14. The molecule has 3 N–H and O–H groups in total. The smallest absolute Gasteiger partial charge is 0.356 e. The number of hydrogen-bond acceptors (Lipinski definition) is 5. The molecule has 1 rings (SSSR count). The van der Waals surface area contributed by atoms with E-state index >= 15 is 0 Å². The molecule has 0 saturated heterocycles. The molecule has 1 aliphatic rings. The Morgan fingerprint density at radius 2 is 2.10 bits per heavy atom. The van der Waals surface area contributed by atoms with Crippen LogP contribution in [-0.4, -0.2) is 26.1 Å². The molecule has 0 amide bonds. The van der Waals surface area contributed by atoms with Crippen molar-refractivity contribution in [2.24, 2.45) is 10.7 Å². The van der Waals surface area contributed by atoms with E-state index in [1.807, 2.05) is 38.2 Å². The van der Waals surface area contributed by atoms with Gasteiger partial charge in [-0.15, -0.1) is 0 Å². The lowest BCUT2D eigenvalue weighted by atomic mass is 10.1. The second-order valence-corrected chi connectivity index (χ2v) is 4.87. The molecule has 0 atom stereocenters. The Morgan fingerprint density at radius 1 is 1.40 bits per heavy atom. The maximum Gasteiger partial charge on any atom is 0.356 e. The molecule has 0 bridgehead atoms. The van der Waals surface area contributed by atoms with E-state index in [1.54, 1.807) is 7.05 Å². The normalized spacial score (nSPS) is 15.9. The van der Waals surface area contributed by atoms with Crippen LogP contribution in [0.1, 0.15) is 20.3 Å². The first kappa shape index (κ1) is 16.9. The number of rotatable bonds is 7. The molecule has 20 heavy (non-hydrogen) atoms. The SMILES string of the molecule is CCOP(OCC)ON/C(=N/C)C1=CCC=CC=C1N. The molecule has 6 nitrogen and oxygen atoms in total. The van der Waals surface area contributed by atoms with Gasteiger partial charge in [-0.05, 0) is 26.3 Å². The molecule has 0 fully saturated rings. The minimum atomic E-state index is -1.44. The number of amidine groups is 1. The molecule has 0 radical (unpaired) electrons. The number of aliphatic imine (C=N–C) groups is 1. The third-order valence-electron chi connectivity index (χ3n) is 2.35. The van der Waals surface area contributed by atoms with Crippen molar-refractivity contribution in [3.05, 3.63) is 35.6 Å². The summed E-state index contributed by atoms with van der Waals surface area (Å²) < 4.78 is 16.1. The van der Waals surface area contributed by atoms with Crippen molar-refractivity contribution in [2.75, 3.05) is 20.3 Å². The first-order valence-electron chi connectivity index (χ1n) is 6.51. The van der Waals surface area contributed by atoms with Crippen LogP contribution in [0.25, 0.3) is 0 Å². The molecular formula is C13H22N3O3P. The van der Waals surface area contributed by atoms with Crippen LogP contribution >= 0.6 is 8.60 Å². The van der Waals surface area contributed by atoms with Crippen LogP contribution in [0, 0.1) is 0 Å². The summed E-state index contributed by atoms with van der Waals surface area (Å²) in [4.78, 5) is 4.16. The van der Waals surface area contributed by atoms with Crippen LogP contribution in [0.4, 0.5) is 0 Å². The highest BCUT2D eigenvalue weighted by molar-refractivity contribution is 7.41. The summed E-state index contributed by atoms with van der Waals surface area (Å²) in [6.45, 7) is 4.79. The fraction of sp³-hybridized carbons (Fsp3) is 0.462. The van der Waals surface area contributed by atoms with Crippen molar-refractivity contribution in [3.8, 4) is 0 Å². The summed E-state index contributed by atoms with van der Waals surface area (Å²) in [6.07, 6.45) is 8.54. The van der Waals surface area contributed by atoms with Gasteiger partial charge >= 0.3 is 8.60 Å². The minimum Gasteiger partial charge on any atom is -0.398 e. The average molecular weight is 299 g/mol. The van der Waals surface area contributed by atoms with Gasteiger partial charge < -0.3 is 14.8 Å². The van der Waals surface area contributed by atoms with Crippen LogP contribution in [0.5, 0.6) is 0 Å². The predicted molar refractivity (Wildman–Crippen MR) is 81.9 cm³/mol. The molecule has 112 valence electrons. The summed E-state index contributed by atoms with van der Waals surface area (Å²) in [5.41, 5.74) is 10.2. The highest BCUT2D eigenvalue weighted by Crippen LogP contribution is 2.38. The molecule has 0 spiro atoms. The van der Waals surface area contributed by atoms with Crippen molar-refractivity contribution in [2.45, 2.75) is 20.3 Å². The Hall–Kier alpha value is -1.20. The Labute approximate surface area is 121 Å². The van der Waals surface area contributed by atoms with Gasteiger partial charge in [0.1, 0.15) is 0 Å². The van der Waals surface area contributed by atoms with Crippen molar-refractivity contribution in [3.63, 3.8) is 0 Å². The van der Waals surface area contributed by atoms with Gasteiger partial charge in [0.2, 0.25) is 0 Å². The van der Waals surface area contributed by atoms with Gasteiger partial charge in [0.15, 0.2) is 5.84 Å². The van der Waals surface area contributed by atoms with Gasteiger partial charge in [0.25, 0.3) is 0 Å². The quantitative estimate of drug-likeness (QED) is 0.327. The molecular weight excluding hydrogens is 277 g/mol. The Morgan fingerprint density at radius 3 is 2.70 bits per heavy atom. The van der Waals surface area contributed by atoms with E-state index in [1.165, 1.54) is 0 Å². The molecule has 0 aromatic heterocycles. The zero-order valence-electron chi connectivity index (χ0n) is 12.1. The average Bonchev–Trinajstić information content (AvgIpc) is 2.65. The van der Waals surface area contributed by atoms with Crippen LogP contribution in [-0.2, 0) is 13.7 Å². The maximum atomic E-state index is 5.99. The van der Waals surface area contributed by atoms with Gasteiger partial charge in [-0.3, -0.25) is 4.99 Å². The fourth-order valence-corrected chi connectivity index (χ4v) is 2.24. The highest BCUT2D eigenvalue weighted by atomic mass is 31.2. The number of hydroxylamine groups is 1. The van der Waals surface area contributed by atoms with E-state index < -0.39 is 8.60 Å². The third kappa shape index (κ3) is 5.43. The van der Waals surface area contributed by atoms with E-state index in [0.717, 1.165) is 12.0 Å². The van der Waals surface area contributed by atoms with Gasteiger partial charge in [-0.2, -0.15) is 4.62 Å². The zero-order valence-corrected chi connectivity index (χ0v) is 13.0. The lowest BCUT2D eigenvalue weighted by Gasteiger charge is -2.17. The van der Waals surface area contributed by atoms with E-state index in [0.29, 0.717) is 24.7 Å². The van der Waals surface area contributed by atoms with Crippen LogP contribution in [0.2, 0.25) is 0 Å². The maximum absolute atomic E-state index is 5.99. The first-order chi connectivity index (χ1) is 9.72. The first-order valence-corrected chi connectivity index (χ1v) is 7.61. The topological polar surface area (TPSA) is 78.1 Å². The van der Waals surface area contributed by atoms with E-state index in [-0.39, 0.29) is 0 Å². The van der Waals surface area contributed by atoms with Gasteiger partial charge in [-0.25, -0.2) is 5.48 Å². The molecule has 0 aromatic rings. The molecule has 0 saturated carbocycles. The summed E-state index contributed by atoms with van der Waals surface area (Å²) in [6, 6.07) is 0. The van der Waals surface area contributed by atoms with Crippen molar-refractivity contribution in [1.29, 1.82) is 0 Å². The molecule has 1 aliphatic carbocycles. The van der Waals surface area contributed by atoms with Crippen LogP contribution < -0.4 is 11.2 Å². The van der Waals surface area contributed by atoms with E-state index in [4.69, 9.17) is 19.4 Å². The fourth-order valence-electron chi connectivity index (χ4n) is 1.48. The van der Waals surface area contributed by atoms with Crippen molar-refractivity contribution >= 4 is 14.4 Å². The number of nitrogens with zero attached hydrogens (tertiary/aromatic N) is 1. The second kappa shape index (κ2) is 9.66. The number of hydrogen-bond donors (Lipinski definition) is 2. The summed E-state index contributed by atoms with van der Waals surface area (Å²) in [5, 5.41) is 0. The molecule has 0 aliphatic heterocycles. The highest BCUT2D eigenvalue weighted by Gasteiger charge is 2.15. The van der Waals surface area contributed by atoms with Crippen LogP contribution in [0.3, 0.4) is 0 Å². The zero-order chi connectivity index (χ0) is 14.8. The van der Waals surface area contributed by atoms with Gasteiger partial charge in [-0.1, -0.05) is 18.2 Å². The van der Waals surface area contributed by atoms with Crippen LogP contribution in [0.15, 0.2) is 40.6 Å². The Bertz CT molecular complexity index is 413. The molecule has 0 unspecified atom stereocenters. The largest absolute Gasteiger partial charge is 0.398 e. The lowest BCUT2D eigenvalue weighted by Crippen LogP contribution is -2.27. The number of nitrogens with two attached hydrogens (primary N) is 1. The lowest BCUT2D eigenvalue weighted by molar-refractivity contribution is 0.147. The standard InChI is InChI=1S/C13H22N3O3P/c1-4-17-20(18-5-2)19-16-13(15-3)11-9-7-6-8-10-12(11)14/h6,8-10H,4-5,7,14H2,1-3H3,(H,15,16). The monoisotopic (exact) mass is 299 g/mol. The number of allylic oxidation sites excluding steroid dienone is 4. The molecule has 0 heterocycles. The molecule has 0 aromatic carbocycles. The molecule has 7 heteroatoms. The van der Waals surface area contributed by atoms with Crippen molar-refractivity contribution in [1.82, 2.24) is 5.48 Å². The Balaban J connectivity index is 2.66. The summed E-state index contributed by atoms with van der Waals surface area (Å²) in [7, 11) is 0.232. The third-order valence-corrected chi connectivity index (χ3v) is 3.52. The summed E-state index contributed by atoms with van der Waals surface area (Å²) >= 11 is 0. The van der Waals surface area contributed by atoms with E-state index in [2.05, 4.69) is 10.5 Å². The predicted octanol–water partition coefficient (Wildman–Crippen LogP) is 2.56. The second-order valence-electron chi connectivity index (χ2n) is 3.73.